The molecule has 1 aliphatic carbocycles. The van der Waals surface area contributed by atoms with Crippen LogP contribution >= 0.6 is 11.3 Å². The first-order valence-electron chi connectivity index (χ1n) is 13.4. The maximum Gasteiger partial charge on any atom is 0.299 e. The van der Waals surface area contributed by atoms with Crippen molar-refractivity contribution in [2.24, 2.45) is 5.73 Å². The van der Waals surface area contributed by atoms with Crippen LogP contribution in [0, 0.1) is 5.41 Å². The van der Waals surface area contributed by atoms with E-state index in [1.54, 1.807) is 42.6 Å². The number of fused-ring (bicyclic) bond motifs is 3. The Morgan fingerprint density at radius 3 is 2.44 bits per heavy atom. The molecule has 0 bridgehead atoms. The molecule has 1 heterocycles. The minimum atomic E-state index is -2.99. The Bertz CT molecular complexity index is 1470. The van der Waals surface area contributed by atoms with E-state index in [1.807, 2.05) is 6.92 Å². The molecule has 5 N–H and O–H groups in total. The third-order valence-corrected chi connectivity index (χ3v) is 7.92. The molecule has 4 rings (SSSR count). The van der Waals surface area contributed by atoms with Crippen LogP contribution in [0.5, 0.6) is 0 Å². The number of ether oxygens (including phenoxy) is 1. The topological polar surface area (TPSA) is 138 Å². The highest BCUT2D eigenvalue weighted by Gasteiger charge is 2.44. The number of nitrogens with two attached hydrogens (primary N) is 1. The van der Waals surface area contributed by atoms with E-state index in [9.17, 15) is 27.6 Å². The highest BCUT2D eigenvalue weighted by Crippen LogP contribution is 2.50. The van der Waals surface area contributed by atoms with Gasteiger partial charge in [-0.05, 0) is 43.2 Å². The van der Waals surface area contributed by atoms with Gasteiger partial charge in [0, 0.05) is 59.2 Å². The molecule has 0 aliphatic heterocycles. The predicted octanol–water partition coefficient (Wildman–Crippen LogP) is 4.56. The number of nitrogens with zero attached hydrogens (tertiary/aromatic N) is 1. The maximum atomic E-state index is 14.3. The van der Waals surface area contributed by atoms with Gasteiger partial charge in [-0.3, -0.25) is 19.8 Å². The number of hydrogen-bond acceptors (Lipinski definition) is 6. The molecule has 230 valence electrons. The van der Waals surface area contributed by atoms with Gasteiger partial charge >= 0.3 is 0 Å². The first-order chi connectivity index (χ1) is 20.5. The summed E-state index contributed by atoms with van der Waals surface area (Å²) in [6.07, 6.45) is 0.504. The number of benzene rings is 2. The molecule has 0 fully saturated rings. The molecular weight excluding hydrogens is 583 g/mol. The Labute approximate surface area is 251 Å². The molecular formula is C30H34F3N5O4S. The largest absolute Gasteiger partial charge is 0.385 e. The minimum absolute atomic E-state index is 0.00282. The van der Waals surface area contributed by atoms with Crippen LogP contribution < -0.4 is 16.4 Å². The summed E-state index contributed by atoms with van der Waals surface area (Å²) in [7, 11) is 1.47. The summed E-state index contributed by atoms with van der Waals surface area (Å²) < 4.78 is 46.4. The van der Waals surface area contributed by atoms with Gasteiger partial charge in [0.05, 0.1) is 6.04 Å². The Kier molecular flexibility index (Phi) is 11.4. The van der Waals surface area contributed by atoms with Crippen molar-refractivity contribution in [3.8, 4) is 11.1 Å². The lowest BCUT2D eigenvalue weighted by Crippen LogP contribution is -2.47. The molecule has 43 heavy (non-hydrogen) atoms. The highest BCUT2D eigenvalue weighted by atomic mass is 32.1. The molecule has 0 spiro atoms. The molecule has 0 radical (unpaired) electrons. The third-order valence-electron chi connectivity index (χ3n) is 6.80. The fourth-order valence-electron chi connectivity index (χ4n) is 4.55. The first kappa shape index (κ1) is 33.3. The summed E-state index contributed by atoms with van der Waals surface area (Å²) in [6.45, 7) is 3.26. The average molecular weight is 618 g/mol. The zero-order chi connectivity index (χ0) is 31.7. The van der Waals surface area contributed by atoms with Gasteiger partial charge in [0.2, 0.25) is 12.3 Å². The number of nitrogens with one attached hydrogen (secondary N) is 3. The second-order valence-corrected chi connectivity index (χ2v) is 10.6. The Balaban J connectivity index is 0.000000237. The van der Waals surface area contributed by atoms with Gasteiger partial charge < -0.3 is 26.0 Å². The average Bonchev–Trinajstić information content (AvgIpc) is 3.58. The number of methoxy groups -OCH3 is 1. The minimum Gasteiger partial charge on any atom is -0.385 e. The van der Waals surface area contributed by atoms with Crippen LogP contribution in [0.2, 0.25) is 0 Å². The molecule has 13 heteroatoms. The van der Waals surface area contributed by atoms with Crippen molar-refractivity contribution in [3.05, 3.63) is 81.0 Å². The number of rotatable bonds is 12. The Morgan fingerprint density at radius 2 is 1.84 bits per heavy atom. The SMILES string of the molecule is CCNC(=O)c1ccc2c(c1)-c1ccccc1C2(F)F.COCCC(C(=O)N[C@H](C)c1cc(C(=N)N)cs1)N(C=O)CF. The van der Waals surface area contributed by atoms with Crippen LogP contribution in [0.4, 0.5) is 13.2 Å². The van der Waals surface area contributed by atoms with Crippen molar-refractivity contribution in [2.75, 3.05) is 27.1 Å². The van der Waals surface area contributed by atoms with Crippen LogP contribution in [0.1, 0.15) is 58.2 Å². The number of amidine groups is 1. The van der Waals surface area contributed by atoms with Crippen molar-refractivity contribution in [1.29, 1.82) is 5.41 Å². The summed E-state index contributed by atoms with van der Waals surface area (Å²) in [5, 5.41) is 14.5. The van der Waals surface area contributed by atoms with Gasteiger partial charge in [-0.1, -0.05) is 30.3 Å². The normalized spacial score (nSPS) is 13.8. The quantitative estimate of drug-likeness (QED) is 0.102. The second kappa shape index (κ2) is 14.8. The van der Waals surface area contributed by atoms with E-state index in [0.29, 0.717) is 35.2 Å². The fourth-order valence-corrected chi connectivity index (χ4v) is 5.46. The summed E-state index contributed by atoms with van der Waals surface area (Å²) in [6, 6.07) is 11.2. The lowest BCUT2D eigenvalue weighted by atomic mass is 10.0. The van der Waals surface area contributed by atoms with E-state index in [4.69, 9.17) is 15.9 Å². The lowest BCUT2D eigenvalue weighted by Gasteiger charge is -2.26. The van der Waals surface area contributed by atoms with E-state index >= 15 is 0 Å². The fraction of sp³-hybridized carbons (Fsp3) is 0.333. The number of hydrogen-bond donors (Lipinski definition) is 4. The molecule has 0 saturated heterocycles. The summed E-state index contributed by atoms with van der Waals surface area (Å²) in [5.74, 6) is -3.75. The van der Waals surface area contributed by atoms with Crippen LogP contribution in [-0.2, 0) is 20.2 Å². The lowest BCUT2D eigenvalue weighted by molar-refractivity contribution is -0.135. The molecule has 3 aromatic rings. The van der Waals surface area contributed by atoms with Crippen LogP contribution in [0.15, 0.2) is 53.9 Å². The highest BCUT2D eigenvalue weighted by molar-refractivity contribution is 7.10. The van der Waals surface area contributed by atoms with E-state index in [2.05, 4.69) is 10.6 Å². The molecule has 1 aromatic heterocycles. The monoisotopic (exact) mass is 617 g/mol. The van der Waals surface area contributed by atoms with Gasteiger partial charge in [-0.25, -0.2) is 4.39 Å². The van der Waals surface area contributed by atoms with Crippen molar-refractivity contribution >= 4 is 35.4 Å². The number of thiophene rings is 1. The number of alkyl halides is 3. The van der Waals surface area contributed by atoms with Gasteiger partial charge in [-0.2, -0.15) is 8.78 Å². The van der Waals surface area contributed by atoms with Gasteiger partial charge in [0.25, 0.3) is 11.8 Å². The van der Waals surface area contributed by atoms with E-state index in [-0.39, 0.29) is 41.9 Å². The van der Waals surface area contributed by atoms with Crippen LogP contribution in [-0.4, -0.2) is 62.1 Å². The van der Waals surface area contributed by atoms with Crippen molar-refractivity contribution in [1.82, 2.24) is 15.5 Å². The molecule has 1 unspecified atom stereocenters. The predicted molar refractivity (Wildman–Crippen MR) is 159 cm³/mol. The van der Waals surface area contributed by atoms with Crippen molar-refractivity contribution in [2.45, 2.75) is 38.3 Å². The number of carbonyl (C=O) groups is 3. The van der Waals surface area contributed by atoms with Crippen LogP contribution in [0.25, 0.3) is 11.1 Å². The summed E-state index contributed by atoms with van der Waals surface area (Å²) in [4.78, 5) is 36.7. The molecule has 9 nitrogen and oxygen atoms in total. The maximum absolute atomic E-state index is 14.3. The molecule has 2 aromatic carbocycles. The van der Waals surface area contributed by atoms with Gasteiger partial charge in [0.15, 0.2) is 6.80 Å². The van der Waals surface area contributed by atoms with Gasteiger partial charge in [0.1, 0.15) is 11.9 Å². The zero-order valence-corrected chi connectivity index (χ0v) is 24.8. The Morgan fingerprint density at radius 1 is 1.14 bits per heavy atom. The second-order valence-electron chi connectivity index (χ2n) is 9.66. The zero-order valence-electron chi connectivity index (χ0n) is 24.0. The van der Waals surface area contributed by atoms with Crippen molar-refractivity contribution < 1.29 is 32.3 Å². The molecule has 1 aliphatic rings. The molecule has 3 amide bonds. The number of nitrogen functional groups attached to an aromatic ring is 1. The third kappa shape index (κ3) is 7.59. The number of carbonyl (C=O) groups excluding carboxylic acids is 3. The molecule has 0 saturated carbocycles. The number of amides is 3. The number of halogens is 3. The Hall–Kier alpha value is -4.23. The summed E-state index contributed by atoms with van der Waals surface area (Å²) in [5.41, 5.74) is 7.30. The van der Waals surface area contributed by atoms with Gasteiger partial charge in [-0.15, -0.1) is 11.3 Å². The van der Waals surface area contributed by atoms with Crippen LogP contribution in [0.3, 0.4) is 0 Å². The van der Waals surface area contributed by atoms with Crippen molar-refractivity contribution in [3.63, 3.8) is 0 Å². The molecule has 2 atom stereocenters. The standard InChI is InChI=1S/C16H13F2NO.C14H21FN4O3S/c1-2-19-15(20)10-7-8-14-12(9-10)11-5-3-4-6-13(11)16(14,17)18;1-9(12-5-10(6-23-12)13(16)17)18-14(21)11(3-4-22-2)19(7-15)8-20/h3-9H,2H2,1H3,(H,19,20);5-6,8-9,11H,3-4,7H2,1-2H3,(H3,16,17)(H,18,21)/t;9-,11?/m.1/s1. The summed E-state index contributed by atoms with van der Waals surface area (Å²) >= 11 is 1.36. The van der Waals surface area contributed by atoms with E-state index < -0.39 is 24.7 Å². The smallest absolute Gasteiger partial charge is 0.299 e. The van der Waals surface area contributed by atoms with E-state index in [0.717, 1.165) is 9.78 Å². The first-order valence-corrected chi connectivity index (χ1v) is 14.3. The van der Waals surface area contributed by atoms with E-state index in [1.165, 1.54) is 36.6 Å².